The maximum absolute atomic E-state index is 11.3. The van der Waals surface area contributed by atoms with Crippen LogP contribution in [0.5, 0.6) is 0 Å². The molecule has 0 amide bonds. The summed E-state index contributed by atoms with van der Waals surface area (Å²) in [6, 6.07) is 33.4. The molecule has 0 aliphatic carbocycles. The minimum Gasteiger partial charge on any atom is -0.744 e. The van der Waals surface area contributed by atoms with Crippen molar-refractivity contribution in [1.29, 1.82) is 0 Å². The van der Waals surface area contributed by atoms with E-state index in [-0.39, 0.29) is 40.4 Å². The fraction of sp³-hybridized carbons (Fsp3) is 0. The van der Waals surface area contributed by atoms with Gasteiger partial charge in [0.15, 0.2) is 0 Å². The van der Waals surface area contributed by atoms with Gasteiger partial charge < -0.3 is 20.5 Å². The number of anilines is 6. The van der Waals surface area contributed by atoms with Gasteiger partial charge in [-0.1, -0.05) is 60.7 Å². The topological polar surface area (TPSA) is 132 Å². The van der Waals surface area contributed by atoms with Gasteiger partial charge in [0.1, 0.15) is 10.1 Å². The number of nitrogens with one attached hydrogen (secondary N) is 3. The van der Waals surface area contributed by atoms with E-state index in [1.165, 1.54) is 24.3 Å². The summed E-state index contributed by atoms with van der Waals surface area (Å²) in [7, 11) is -4.55. The van der Waals surface area contributed by atoms with Gasteiger partial charge >= 0.3 is 29.6 Å². The molecule has 6 aromatic rings. The Labute approximate surface area is 252 Å². The van der Waals surface area contributed by atoms with E-state index in [9.17, 15) is 13.0 Å². The minimum atomic E-state index is -4.55. The zero-order chi connectivity index (χ0) is 26.8. The molecule has 0 fully saturated rings. The Kier molecular flexibility index (Phi) is 7.97. The smallest absolute Gasteiger partial charge is 0.744 e. The van der Waals surface area contributed by atoms with Gasteiger partial charge in [0, 0.05) is 17.1 Å². The predicted molar refractivity (Wildman–Crippen MR) is 152 cm³/mol. The van der Waals surface area contributed by atoms with Crippen LogP contribution in [0.3, 0.4) is 0 Å². The molecule has 0 radical (unpaired) electrons. The number of rotatable bonds is 7. The van der Waals surface area contributed by atoms with Crippen molar-refractivity contribution in [2.24, 2.45) is 0 Å². The Balaban J connectivity index is 0.00000323. The summed E-state index contributed by atoms with van der Waals surface area (Å²) >= 11 is 0. The normalized spacial score (nSPS) is 11.1. The third-order valence-electron chi connectivity index (χ3n) is 6.05. The van der Waals surface area contributed by atoms with Crippen molar-refractivity contribution in [3.05, 3.63) is 109 Å². The molecule has 1 heterocycles. The van der Waals surface area contributed by atoms with Gasteiger partial charge in [-0.05, 0) is 70.1 Å². The molecule has 1 aromatic heterocycles. The number of nitrogens with zero attached hydrogens (tertiary/aromatic N) is 3. The zero-order valence-electron chi connectivity index (χ0n) is 21.4. The van der Waals surface area contributed by atoms with Crippen molar-refractivity contribution in [2.75, 3.05) is 16.0 Å². The largest absolute Gasteiger partial charge is 1.00 e. The summed E-state index contributed by atoms with van der Waals surface area (Å²) in [6.07, 6.45) is 0. The molecule has 9 nitrogen and oxygen atoms in total. The summed E-state index contributed by atoms with van der Waals surface area (Å²) < 4.78 is 33.8. The molecular formula is C29H21N6NaO3S. The average molecular weight is 557 g/mol. The van der Waals surface area contributed by atoms with Crippen LogP contribution in [-0.4, -0.2) is 27.9 Å². The fourth-order valence-corrected chi connectivity index (χ4v) is 4.64. The number of hydrogen-bond acceptors (Lipinski definition) is 9. The summed E-state index contributed by atoms with van der Waals surface area (Å²) in [4.78, 5) is 13.3. The van der Waals surface area contributed by atoms with Gasteiger partial charge in [-0.15, -0.1) is 0 Å². The first-order valence-corrected chi connectivity index (χ1v) is 13.4. The molecule has 11 heteroatoms. The van der Waals surface area contributed by atoms with Crippen molar-refractivity contribution < 1.29 is 42.5 Å². The van der Waals surface area contributed by atoms with Gasteiger partial charge in [-0.3, -0.25) is 0 Å². The summed E-state index contributed by atoms with van der Waals surface area (Å²) in [6.45, 7) is 0. The Hall–Kier alpha value is -4.06. The number of benzene rings is 5. The molecule has 0 aliphatic heterocycles. The van der Waals surface area contributed by atoms with Crippen molar-refractivity contribution >= 4 is 66.6 Å². The standard InChI is InChI=1S/C29H22N6O3S.Na/c36-39(37,38)26-15-13-23(14-16-26)30-27-33-28(31-24-11-9-19-5-1-3-7-21(19)17-24)35-29(34-27)32-25-12-10-20-6-2-4-8-22(20)18-25;/h1-18H,(H,36,37,38)(H3,30,31,32,33,34,35);/q;+1/p-1. The van der Waals surface area contributed by atoms with Crippen molar-refractivity contribution in [1.82, 2.24) is 15.0 Å². The van der Waals surface area contributed by atoms with E-state index >= 15 is 0 Å². The number of hydrogen-bond donors (Lipinski definition) is 3. The van der Waals surface area contributed by atoms with E-state index in [4.69, 9.17) is 0 Å². The SMILES string of the molecule is O=S(=O)([O-])c1ccc(Nc2nc(Nc3ccc4ccccc4c3)nc(Nc3ccc4ccccc4c3)n2)cc1.[Na+]. The Morgan fingerprint density at radius 1 is 0.500 bits per heavy atom. The minimum absolute atomic E-state index is 0. The zero-order valence-corrected chi connectivity index (χ0v) is 24.2. The molecule has 0 atom stereocenters. The van der Waals surface area contributed by atoms with Gasteiger partial charge in [0.25, 0.3) is 0 Å². The molecular weight excluding hydrogens is 535 g/mol. The van der Waals surface area contributed by atoms with E-state index in [1.54, 1.807) is 0 Å². The maximum Gasteiger partial charge on any atom is 1.00 e. The van der Waals surface area contributed by atoms with E-state index in [2.05, 4.69) is 30.9 Å². The first-order valence-electron chi connectivity index (χ1n) is 12.0. The Morgan fingerprint density at radius 3 is 1.30 bits per heavy atom. The van der Waals surface area contributed by atoms with Crippen LogP contribution in [0.2, 0.25) is 0 Å². The second-order valence-electron chi connectivity index (χ2n) is 8.78. The van der Waals surface area contributed by atoms with Crippen LogP contribution in [0.1, 0.15) is 0 Å². The summed E-state index contributed by atoms with van der Waals surface area (Å²) in [5.74, 6) is 0.809. The first-order chi connectivity index (χ1) is 18.9. The van der Waals surface area contributed by atoms with E-state index < -0.39 is 10.1 Å². The van der Waals surface area contributed by atoms with E-state index in [1.807, 2.05) is 84.9 Å². The summed E-state index contributed by atoms with van der Waals surface area (Å²) in [5.41, 5.74) is 2.10. The third kappa shape index (κ3) is 6.39. The second kappa shape index (κ2) is 11.6. The van der Waals surface area contributed by atoms with Gasteiger partial charge in [-0.25, -0.2) is 8.42 Å². The Bertz CT molecular complexity index is 1840. The monoisotopic (exact) mass is 556 g/mol. The van der Waals surface area contributed by atoms with Crippen LogP contribution in [0, 0.1) is 0 Å². The van der Waals surface area contributed by atoms with Crippen LogP contribution in [0.25, 0.3) is 21.5 Å². The molecule has 0 aliphatic rings. The van der Waals surface area contributed by atoms with Crippen molar-refractivity contribution in [2.45, 2.75) is 4.90 Å². The second-order valence-corrected chi connectivity index (χ2v) is 10.2. The van der Waals surface area contributed by atoms with Crippen LogP contribution in [0.4, 0.5) is 34.9 Å². The predicted octanol–water partition coefficient (Wildman–Crippen LogP) is 3.32. The van der Waals surface area contributed by atoms with Crippen LogP contribution >= 0.6 is 0 Å². The fourth-order valence-electron chi connectivity index (χ4n) is 4.17. The number of aromatic nitrogens is 3. The van der Waals surface area contributed by atoms with E-state index in [0.29, 0.717) is 17.6 Å². The molecule has 192 valence electrons. The van der Waals surface area contributed by atoms with Crippen molar-refractivity contribution in [3.63, 3.8) is 0 Å². The average Bonchev–Trinajstić information content (AvgIpc) is 2.93. The van der Waals surface area contributed by atoms with Crippen LogP contribution < -0.4 is 45.5 Å². The molecule has 0 spiro atoms. The van der Waals surface area contributed by atoms with Crippen molar-refractivity contribution in [3.8, 4) is 0 Å². The molecule has 3 N–H and O–H groups in total. The molecule has 0 unspecified atom stereocenters. The van der Waals surface area contributed by atoms with E-state index in [0.717, 1.165) is 32.9 Å². The van der Waals surface area contributed by atoms with Gasteiger partial charge in [0.2, 0.25) is 17.8 Å². The molecule has 40 heavy (non-hydrogen) atoms. The molecule has 0 bridgehead atoms. The maximum atomic E-state index is 11.3. The van der Waals surface area contributed by atoms with Crippen LogP contribution in [-0.2, 0) is 10.1 Å². The quantitative estimate of drug-likeness (QED) is 0.200. The van der Waals surface area contributed by atoms with Gasteiger partial charge in [-0.2, -0.15) is 15.0 Å². The third-order valence-corrected chi connectivity index (χ3v) is 6.90. The molecule has 0 saturated heterocycles. The molecule has 0 saturated carbocycles. The van der Waals surface area contributed by atoms with Gasteiger partial charge in [0.05, 0.1) is 4.90 Å². The number of fused-ring (bicyclic) bond motifs is 2. The first kappa shape index (κ1) is 27.5. The summed E-state index contributed by atoms with van der Waals surface area (Å²) in [5, 5.41) is 13.9. The Morgan fingerprint density at radius 2 is 0.875 bits per heavy atom. The molecule has 6 rings (SSSR count). The molecule has 5 aromatic carbocycles. The van der Waals surface area contributed by atoms with Crippen LogP contribution in [0.15, 0.2) is 114 Å².